The summed E-state index contributed by atoms with van der Waals surface area (Å²) in [5.74, 6) is 0.0103. The van der Waals surface area contributed by atoms with Crippen molar-refractivity contribution in [2.24, 2.45) is 0 Å². The molecule has 0 fully saturated rings. The lowest BCUT2D eigenvalue weighted by Crippen LogP contribution is -2.22. The van der Waals surface area contributed by atoms with Crippen molar-refractivity contribution in [3.05, 3.63) is 60.4 Å². The minimum absolute atomic E-state index is 0.0103. The topological polar surface area (TPSA) is 20.3 Å². The lowest BCUT2D eigenvalue weighted by Gasteiger charge is -2.20. The van der Waals surface area contributed by atoms with Gasteiger partial charge in [-0.3, -0.25) is 4.79 Å². The molecule has 0 aromatic heterocycles. The SMILES string of the molecule is C=C(C(C)=O)N(/C=C\C)CCc1ccccc1. The number of hydrogen-bond acceptors (Lipinski definition) is 2. The molecule has 0 radical (unpaired) electrons. The lowest BCUT2D eigenvalue weighted by molar-refractivity contribution is -0.114. The van der Waals surface area contributed by atoms with Crippen LogP contribution >= 0.6 is 0 Å². The van der Waals surface area contributed by atoms with Gasteiger partial charge in [0.2, 0.25) is 0 Å². The first-order valence-electron chi connectivity index (χ1n) is 5.78. The van der Waals surface area contributed by atoms with Crippen molar-refractivity contribution in [1.29, 1.82) is 0 Å². The Kier molecular flexibility index (Phi) is 5.21. The van der Waals surface area contributed by atoms with E-state index in [1.54, 1.807) is 6.92 Å². The second kappa shape index (κ2) is 6.69. The molecule has 0 amide bonds. The van der Waals surface area contributed by atoms with Gasteiger partial charge in [0.05, 0.1) is 5.70 Å². The number of rotatable bonds is 6. The molecule has 1 rings (SSSR count). The normalized spacial score (nSPS) is 10.5. The lowest BCUT2D eigenvalue weighted by atomic mass is 10.1. The summed E-state index contributed by atoms with van der Waals surface area (Å²) in [6, 6.07) is 10.2. The van der Waals surface area contributed by atoms with Gasteiger partial charge in [-0.1, -0.05) is 43.0 Å². The van der Waals surface area contributed by atoms with Crippen LogP contribution in [0.1, 0.15) is 19.4 Å². The van der Waals surface area contributed by atoms with Crippen LogP contribution in [-0.2, 0) is 11.2 Å². The minimum atomic E-state index is 0.0103. The molecule has 17 heavy (non-hydrogen) atoms. The van der Waals surface area contributed by atoms with Crippen LogP contribution in [-0.4, -0.2) is 17.2 Å². The Morgan fingerprint density at radius 3 is 2.53 bits per heavy atom. The maximum Gasteiger partial charge on any atom is 0.175 e. The predicted molar refractivity (Wildman–Crippen MR) is 71.5 cm³/mol. The largest absolute Gasteiger partial charge is 0.346 e. The van der Waals surface area contributed by atoms with Crippen molar-refractivity contribution in [3.8, 4) is 0 Å². The Morgan fingerprint density at radius 1 is 1.35 bits per heavy atom. The highest BCUT2D eigenvalue weighted by Crippen LogP contribution is 2.07. The van der Waals surface area contributed by atoms with Crippen molar-refractivity contribution >= 4 is 5.78 Å². The van der Waals surface area contributed by atoms with Gasteiger partial charge in [0.15, 0.2) is 5.78 Å². The van der Waals surface area contributed by atoms with Gasteiger partial charge in [-0.25, -0.2) is 0 Å². The summed E-state index contributed by atoms with van der Waals surface area (Å²) in [6.45, 7) is 8.06. The van der Waals surface area contributed by atoms with E-state index in [1.165, 1.54) is 5.56 Å². The third-order valence-corrected chi connectivity index (χ3v) is 2.57. The molecule has 0 heterocycles. The highest BCUT2D eigenvalue weighted by Gasteiger charge is 2.08. The van der Waals surface area contributed by atoms with E-state index in [0.29, 0.717) is 5.70 Å². The van der Waals surface area contributed by atoms with Crippen molar-refractivity contribution < 1.29 is 4.79 Å². The molecule has 0 unspecified atom stereocenters. The molecule has 0 saturated carbocycles. The number of hydrogen-bond donors (Lipinski definition) is 0. The summed E-state index contributed by atoms with van der Waals surface area (Å²) in [5, 5.41) is 0. The van der Waals surface area contributed by atoms with Crippen molar-refractivity contribution in [2.45, 2.75) is 20.3 Å². The van der Waals surface area contributed by atoms with Gasteiger partial charge in [-0.05, 0) is 25.1 Å². The third kappa shape index (κ3) is 4.27. The molecule has 90 valence electrons. The van der Waals surface area contributed by atoms with E-state index in [-0.39, 0.29) is 5.78 Å². The Bertz CT molecular complexity index is 406. The van der Waals surface area contributed by atoms with E-state index >= 15 is 0 Å². The van der Waals surface area contributed by atoms with E-state index in [9.17, 15) is 4.79 Å². The number of ketones is 1. The first-order valence-corrected chi connectivity index (χ1v) is 5.78. The van der Waals surface area contributed by atoms with E-state index in [0.717, 1.165) is 13.0 Å². The van der Waals surface area contributed by atoms with Crippen LogP contribution < -0.4 is 0 Å². The quantitative estimate of drug-likeness (QED) is 0.698. The molecule has 1 aromatic rings. The molecule has 0 aliphatic heterocycles. The second-order valence-corrected chi connectivity index (χ2v) is 3.91. The molecule has 1 aromatic carbocycles. The molecular formula is C15H19NO. The maximum absolute atomic E-state index is 11.3. The fraction of sp³-hybridized carbons (Fsp3) is 0.267. The van der Waals surface area contributed by atoms with Gasteiger partial charge in [-0.15, -0.1) is 0 Å². The van der Waals surface area contributed by atoms with Gasteiger partial charge in [0.1, 0.15) is 0 Å². The number of carbonyl (C=O) groups excluding carboxylic acids is 1. The Balaban J connectivity index is 2.62. The number of nitrogens with zero attached hydrogens (tertiary/aromatic N) is 1. The highest BCUT2D eigenvalue weighted by molar-refractivity contribution is 5.92. The average Bonchev–Trinajstić information content (AvgIpc) is 2.34. The Hall–Kier alpha value is -1.83. The molecule has 0 atom stereocenters. The molecule has 2 heteroatoms. The van der Waals surface area contributed by atoms with Crippen LogP contribution in [0.5, 0.6) is 0 Å². The van der Waals surface area contributed by atoms with Gasteiger partial charge < -0.3 is 4.90 Å². The third-order valence-electron chi connectivity index (χ3n) is 2.57. The number of carbonyl (C=O) groups is 1. The summed E-state index contributed by atoms with van der Waals surface area (Å²) in [6.07, 6.45) is 4.71. The molecule has 0 aliphatic carbocycles. The van der Waals surface area contributed by atoms with Crippen LogP contribution in [0.4, 0.5) is 0 Å². The van der Waals surface area contributed by atoms with Crippen LogP contribution in [0, 0.1) is 0 Å². The van der Waals surface area contributed by atoms with Gasteiger partial charge in [0.25, 0.3) is 0 Å². The van der Waals surface area contributed by atoms with Crippen molar-refractivity contribution in [3.63, 3.8) is 0 Å². The zero-order valence-corrected chi connectivity index (χ0v) is 10.5. The number of allylic oxidation sites excluding steroid dienone is 2. The average molecular weight is 229 g/mol. The van der Waals surface area contributed by atoms with E-state index in [1.807, 2.05) is 42.3 Å². The maximum atomic E-state index is 11.3. The Morgan fingerprint density at radius 2 is 2.00 bits per heavy atom. The standard InChI is InChI=1S/C15H19NO/c1-4-11-16(13(2)14(3)17)12-10-15-8-6-5-7-9-15/h4-9,11H,2,10,12H2,1,3H3/b11-4-. The fourth-order valence-electron chi connectivity index (χ4n) is 1.58. The zero-order valence-electron chi connectivity index (χ0n) is 10.5. The zero-order chi connectivity index (χ0) is 12.7. The van der Waals surface area contributed by atoms with E-state index in [2.05, 4.69) is 18.7 Å². The van der Waals surface area contributed by atoms with Gasteiger partial charge in [0, 0.05) is 13.5 Å². The van der Waals surface area contributed by atoms with Gasteiger partial charge >= 0.3 is 0 Å². The molecule has 0 spiro atoms. The minimum Gasteiger partial charge on any atom is -0.346 e. The van der Waals surface area contributed by atoms with E-state index < -0.39 is 0 Å². The molecular weight excluding hydrogens is 210 g/mol. The van der Waals surface area contributed by atoms with Crippen molar-refractivity contribution in [2.75, 3.05) is 6.54 Å². The summed E-state index contributed by atoms with van der Waals surface area (Å²) in [7, 11) is 0. The summed E-state index contributed by atoms with van der Waals surface area (Å²) < 4.78 is 0. The summed E-state index contributed by atoms with van der Waals surface area (Å²) in [5.41, 5.74) is 1.80. The fourth-order valence-corrected chi connectivity index (χ4v) is 1.58. The highest BCUT2D eigenvalue weighted by atomic mass is 16.1. The molecule has 0 aliphatic rings. The molecule has 0 N–H and O–H groups in total. The molecule has 0 bridgehead atoms. The summed E-state index contributed by atoms with van der Waals surface area (Å²) >= 11 is 0. The first kappa shape index (κ1) is 13.2. The Labute approximate surface area is 103 Å². The van der Waals surface area contributed by atoms with Crippen LogP contribution in [0.2, 0.25) is 0 Å². The smallest absolute Gasteiger partial charge is 0.175 e. The predicted octanol–water partition coefficient (Wildman–Crippen LogP) is 3.17. The van der Waals surface area contributed by atoms with E-state index in [4.69, 9.17) is 0 Å². The molecule has 2 nitrogen and oxygen atoms in total. The first-order chi connectivity index (χ1) is 8.15. The van der Waals surface area contributed by atoms with Crippen LogP contribution in [0.25, 0.3) is 0 Å². The van der Waals surface area contributed by atoms with Crippen LogP contribution in [0.3, 0.4) is 0 Å². The van der Waals surface area contributed by atoms with Gasteiger partial charge in [-0.2, -0.15) is 0 Å². The second-order valence-electron chi connectivity index (χ2n) is 3.91. The molecule has 0 saturated heterocycles. The number of Topliss-reactive ketones (excluding diaryl/α,β-unsaturated/α-hetero) is 1. The monoisotopic (exact) mass is 229 g/mol. The van der Waals surface area contributed by atoms with Crippen LogP contribution in [0.15, 0.2) is 54.9 Å². The van der Waals surface area contributed by atoms with Crippen molar-refractivity contribution in [1.82, 2.24) is 4.90 Å². The number of benzene rings is 1. The summed E-state index contributed by atoms with van der Waals surface area (Å²) in [4.78, 5) is 13.2.